The van der Waals surface area contributed by atoms with Crippen molar-refractivity contribution in [3.63, 3.8) is 0 Å². The summed E-state index contributed by atoms with van der Waals surface area (Å²) in [6.45, 7) is 0.173. The van der Waals surface area contributed by atoms with Crippen LogP contribution in [0.15, 0.2) is 71.8 Å². The number of rotatable bonds is 4. The van der Waals surface area contributed by atoms with Gasteiger partial charge in [-0.1, -0.05) is 42.5 Å². The summed E-state index contributed by atoms with van der Waals surface area (Å²) in [4.78, 5) is 4.40. The van der Waals surface area contributed by atoms with Crippen LogP contribution in [0, 0.1) is 0 Å². The van der Waals surface area contributed by atoms with Crippen molar-refractivity contribution in [1.29, 1.82) is 0 Å². The number of aromatic nitrogens is 1. The summed E-state index contributed by atoms with van der Waals surface area (Å²) in [5.74, 6) is 0. The van der Waals surface area contributed by atoms with Gasteiger partial charge in [-0.3, -0.25) is 4.98 Å². The lowest BCUT2D eigenvalue weighted by Gasteiger charge is -2.09. The Morgan fingerprint density at radius 2 is 1.67 bits per heavy atom. The maximum absolute atomic E-state index is 12.5. The Morgan fingerprint density at radius 1 is 0.905 bits per heavy atom. The third-order valence-electron chi connectivity index (χ3n) is 3.21. The number of nitrogens with zero attached hydrogens (tertiary/aromatic N) is 1. The molecule has 0 unspecified atom stereocenters. The predicted octanol–water partition coefficient (Wildman–Crippen LogP) is 2.71. The van der Waals surface area contributed by atoms with Gasteiger partial charge in [-0.15, -0.1) is 0 Å². The fraction of sp³-hybridized carbons (Fsp3) is 0.0625. The topological polar surface area (TPSA) is 59.1 Å². The minimum Gasteiger partial charge on any atom is -0.260 e. The van der Waals surface area contributed by atoms with Crippen molar-refractivity contribution in [3.8, 4) is 0 Å². The van der Waals surface area contributed by atoms with Crippen LogP contribution in [0.3, 0.4) is 0 Å². The summed E-state index contributed by atoms with van der Waals surface area (Å²) < 4.78 is 27.6. The van der Waals surface area contributed by atoms with Crippen LogP contribution < -0.4 is 4.72 Å². The minimum atomic E-state index is -3.58. The molecule has 0 aliphatic carbocycles. The molecule has 4 nitrogen and oxygen atoms in total. The first-order valence-electron chi connectivity index (χ1n) is 6.54. The summed E-state index contributed by atoms with van der Waals surface area (Å²) in [5.41, 5.74) is 0.682. The molecule has 106 valence electrons. The first-order valence-corrected chi connectivity index (χ1v) is 8.02. The molecule has 21 heavy (non-hydrogen) atoms. The number of hydrogen-bond acceptors (Lipinski definition) is 3. The van der Waals surface area contributed by atoms with Gasteiger partial charge in [-0.25, -0.2) is 13.1 Å². The SMILES string of the molecule is O=S(=O)(NCc1ccccn1)c1cccc2ccccc12. The van der Waals surface area contributed by atoms with Gasteiger partial charge in [-0.2, -0.15) is 0 Å². The molecule has 1 aromatic heterocycles. The van der Waals surface area contributed by atoms with Gasteiger partial charge in [0.1, 0.15) is 0 Å². The quantitative estimate of drug-likeness (QED) is 0.805. The second kappa shape index (κ2) is 5.63. The Bertz CT molecular complexity index is 856. The number of sulfonamides is 1. The number of fused-ring (bicyclic) bond motifs is 1. The fourth-order valence-corrected chi connectivity index (χ4v) is 3.41. The summed E-state index contributed by atoms with van der Waals surface area (Å²) >= 11 is 0. The predicted molar refractivity (Wildman–Crippen MR) is 82.2 cm³/mol. The normalized spacial score (nSPS) is 11.6. The molecule has 0 aliphatic rings. The molecule has 0 spiro atoms. The molecular weight excluding hydrogens is 284 g/mol. The number of hydrogen-bond donors (Lipinski definition) is 1. The number of nitrogens with one attached hydrogen (secondary N) is 1. The Hall–Kier alpha value is -2.24. The molecule has 0 aliphatic heterocycles. The molecular formula is C16H14N2O2S. The van der Waals surface area contributed by atoms with E-state index in [2.05, 4.69) is 9.71 Å². The zero-order chi connectivity index (χ0) is 14.7. The zero-order valence-electron chi connectivity index (χ0n) is 11.2. The average molecular weight is 298 g/mol. The maximum atomic E-state index is 12.5. The number of pyridine rings is 1. The monoisotopic (exact) mass is 298 g/mol. The highest BCUT2D eigenvalue weighted by Gasteiger charge is 2.16. The molecule has 0 atom stereocenters. The third-order valence-corrected chi connectivity index (χ3v) is 4.67. The number of benzene rings is 2. The van der Waals surface area contributed by atoms with Crippen molar-refractivity contribution in [2.75, 3.05) is 0 Å². The molecule has 0 saturated heterocycles. The first-order chi connectivity index (χ1) is 10.2. The van der Waals surface area contributed by atoms with E-state index in [-0.39, 0.29) is 11.4 Å². The van der Waals surface area contributed by atoms with Crippen LogP contribution in [0.5, 0.6) is 0 Å². The van der Waals surface area contributed by atoms with Crippen molar-refractivity contribution in [1.82, 2.24) is 9.71 Å². The van der Waals surface area contributed by atoms with Crippen LogP contribution in [0.4, 0.5) is 0 Å². The van der Waals surface area contributed by atoms with Crippen LogP contribution >= 0.6 is 0 Å². The Labute approximate surface area is 123 Å². The molecule has 2 aromatic carbocycles. The summed E-state index contributed by atoms with van der Waals surface area (Å²) in [6, 6.07) is 18.1. The third kappa shape index (κ3) is 2.94. The van der Waals surface area contributed by atoms with Gasteiger partial charge in [0.15, 0.2) is 0 Å². The molecule has 3 rings (SSSR count). The van der Waals surface area contributed by atoms with Gasteiger partial charge in [-0.05, 0) is 23.6 Å². The smallest absolute Gasteiger partial charge is 0.241 e. The van der Waals surface area contributed by atoms with Crippen molar-refractivity contribution < 1.29 is 8.42 Å². The largest absolute Gasteiger partial charge is 0.260 e. The Morgan fingerprint density at radius 3 is 2.48 bits per heavy atom. The second-order valence-corrected chi connectivity index (χ2v) is 6.36. The molecule has 3 aromatic rings. The standard InChI is InChI=1S/C16H14N2O2S/c19-21(20,18-12-14-8-3-4-11-17-14)16-10-5-7-13-6-1-2-9-15(13)16/h1-11,18H,12H2. The van der Waals surface area contributed by atoms with Crippen molar-refractivity contribution in [2.24, 2.45) is 0 Å². The van der Waals surface area contributed by atoms with Gasteiger partial charge in [0.25, 0.3) is 0 Å². The van der Waals surface area contributed by atoms with Gasteiger partial charge in [0, 0.05) is 11.6 Å². The molecule has 0 amide bonds. The molecule has 0 bridgehead atoms. The van der Waals surface area contributed by atoms with E-state index in [0.29, 0.717) is 11.1 Å². The lowest BCUT2D eigenvalue weighted by atomic mass is 10.1. The van der Waals surface area contributed by atoms with Gasteiger partial charge in [0.2, 0.25) is 10.0 Å². The van der Waals surface area contributed by atoms with Gasteiger partial charge < -0.3 is 0 Å². The van der Waals surface area contributed by atoms with Gasteiger partial charge in [0.05, 0.1) is 17.1 Å². The lowest BCUT2D eigenvalue weighted by molar-refractivity contribution is 0.581. The zero-order valence-corrected chi connectivity index (χ0v) is 12.0. The average Bonchev–Trinajstić information content (AvgIpc) is 2.53. The summed E-state index contributed by atoms with van der Waals surface area (Å²) in [5, 5.41) is 1.62. The van der Waals surface area contributed by atoms with E-state index in [1.807, 2.05) is 36.4 Å². The van der Waals surface area contributed by atoms with Crippen LogP contribution in [0.25, 0.3) is 10.8 Å². The molecule has 0 radical (unpaired) electrons. The van der Waals surface area contributed by atoms with E-state index in [1.165, 1.54) is 0 Å². The lowest BCUT2D eigenvalue weighted by Crippen LogP contribution is -2.23. The van der Waals surface area contributed by atoms with Crippen molar-refractivity contribution in [2.45, 2.75) is 11.4 Å². The van der Waals surface area contributed by atoms with E-state index in [1.54, 1.807) is 30.5 Å². The van der Waals surface area contributed by atoms with Gasteiger partial charge >= 0.3 is 0 Å². The van der Waals surface area contributed by atoms with E-state index >= 15 is 0 Å². The minimum absolute atomic E-state index is 0.173. The highest BCUT2D eigenvalue weighted by molar-refractivity contribution is 7.89. The van der Waals surface area contributed by atoms with E-state index in [9.17, 15) is 8.42 Å². The summed E-state index contributed by atoms with van der Waals surface area (Å²) in [6.07, 6.45) is 1.64. The summed E-state index contributed by atoms with van der Waals surface area (Å²) in [7, 11) is -3.58. The Balaban J connectivity index is 1.94. The Kier molecular flexibility index (Phi) is 3.68. The highest BCUT2D eigenvalue weighted by Crippen LogP contribution is 2.22. The molecule has 0 fully saturated rings. The molecule has 5 heteroatoms. The van der Waals surface area contributed by atoms with Crippen molar-refractivity contribution >= 4 is 20.8 Å². The fourth-order valence-electron chi connectivity index (χ4n) is 2.18. The van der Waals surface area contributed by atoms with E-state index in [0.717, 1.165) is 5.39 Å². The van der Waals surface area contributed by atoms with E-state index < -0.39 is 10.0 Å². The van der Waals surface area contributed by atoms with Crippen LogP contribution in [-0.2, 0) is 16.6 Å². The first kappa shape index (κ1) is 13.7. The molecule has 1 heterocycles. The highest BCUT2D eigenvalue weighted by atomic mass is 32.2. The molecule has 1 N–H and O–H groups in total. The van der Waals surface area contributed by atoms with Crippen LogP contribution in [0.2, 0.25) is 0 Å². The molecule has 0 saturated carbocycles. The maximum Gasteiger partial charge on any atom is 0.241 e. The van der Waals surface area contributed by atoms with E-state index in [4.69, 9.17) is 0 Å². The van der Waals surface area contributed by atoms with Crippen LogP contribution in [-0.4, -0.2) is 13.4 Å². The van der Waals surface area contributed by atoms with Crippen LogP contribution in [0.1, 0.15) is 5.69 Å². The second-order valence-electron chi connectivity index (χ2n) is 4.62. The van der Waals surface area contributed by atoms with Crippen molar-refractivity contribution in [3.05, 3.63) is 72.6 Å².